The van der Waals surface area contributed by atoms with Crippen LogP contribution in [-0.4, -0.2) is 17.6 Å². The van der Waals surface area contributed by atoms with Gasteiger partial charge in [-0.25, -0.2) is 0 Å². The number of carbonyl (C=O) groups excluding carboxylic acids is 1. The van der Waals surface area contributed by atoms with Crippen LogP contribution in [0.15, 0.2) is 91.0 Å². The van der Waals surface area contributed by atoms with E-state index in [1.165, 1.54) is 0 Å². The number of rotatable bonds is 7. The van der Waals surface area contributed by atoms with Crippen LogP contribution >= 0.6 is 0 Å². The number of amides is 1. The Labute approximate surface area is 160 Å². The highest BCUT2D eigenvalue weighted by Gasteiger charge is 2.25. The summed E-state index contributed by atoms with van der Waals surface area (Å²) < 4.78 is 0. The maximum absolute atomic E-state index is 12.7. The lowest BCUT2D eigenvalue weighted by Crippen LogP contribution is -2.39. The van der Waals surface area contributed by atoms with Crippen LogP contribution in [0.1, 0.15) is 36.0 Å². The van der Waals surface area contributed by atoms with E-state index in [0.717, 1.165) is 16.7 Å². The van der Waals surface area contributed by atoms with Crippen molar-refractivity contribution in [3.8, 4) is 0 Å². The van der Waals surface area contributed by atoms with Crippen LogP contribution in [0.4, 0.5) is 0 Å². The van der Waals surface area contributed by atoms with Crippen molar-refractivity contribution >= 4 is 5.91 Å². The first kappa shape index (κ1) is 18.9. The lowest BCUT2D eigenvalue weighted by Gasteiger charge is -2.25. The van der Waals surface area contributed by atoms with Crippen LogP contribution in [0.5, 0.6) is 0 Å². The lowest BCUT2D eigenvalue weighted by atomic mass is 9.88. The van der Waals surface area contributed by atoms with Crippen molar-refractivity contribution in [2.75, 3.05) is 6.54 Å². The average Bonchev–Trinajstić information content (AvgIpc) is 2.72. The molecule has 1 amide bonds. The van der Waals surface area contributed by atoms with Crippen molar-refractivity contribution in [3.63, 3.8) is 0 Å². The topological polar surface area (TPSA) is 49.3 Å². The molecule has 3 aromatic rings. The van der Waals surface area contributed by atoms with E-state index in [-0.39, 0.29) is 18.4 Å². The molecule has 0 aromatic heterocycles. The number of benzene rings is 3. The Bertz CT molecular complexity index is 806. The number of aliphatic hydroxyl groups is 1. The van der Waals surface area contributed by atoms with Crippen LogP contribution in [0.25, 0.3) is 0 Å². The summed E-state index contributed by atoms with van der Waals surface area (Å²) in [7, 11) is 0. The quantitative estimate of drug-likeness (QED) is 0.663. The molecule has 3 aromatic carbocycles. The molecule has 0 aliphatic carbocycles. The minimum absolute atomic E-state index is 0.0194. The summed E-state index contributed by atoms with van der Waals surface area (Å²) in [6.45, 7) is 1.89. The van der Waals surface area contributed by atoms with E-state index in [4.69, 9.17) is 0 Å². The molecule has 1 unspecified atom stereocenters. The zero-order valence-corrected chi connectivity index (χ0v) is 15.5. The lowest BCUT2D eigenvalue weighted by molar-refractivity contribution is -0.122. The Hall–Kier alpha value is -2.91. The molecule has 0 aliphatic rings. The van der Waals surface area contributed by atoms with E-state index >= 15 is 0 Å². The van der Waals surface area contributed by atoms with Gasteiger partial charge in [-0.05, 0) is 23.6 Å². The monoisotopic (exact) mass is 359 g/mol. The Morgan fingerprint density at radius 3 is 1.78 bits per heavy atom. The standard InChI is InChI=1S/C24H25NO2/c1-24(27,21-15-9-4-10-16-21)18-25-23(26)17-22(19-11-5-2-6-12-19)20-13-7-3-8-14-20/h2-16,22,27H,17-18H2,1H3,(H,25,26). The van der Waals surface area contributed by atoms with Gasteiger partial charge in [-0.1, -0.05) is 91.0 Å². The maximum Gasteiger partial charge on any atom is 0.221 e. The fraction of sp³-hybridized carbons (Fsp3) is 0.208. The Morgan fingerprint density at radius 2 is 1.30 bits per heavy atom. The maximum atomic E-state index is 12.7. The first-order valence-corrected chi connectivity index (χ1v) is 9.21. The van der Waals surface area contributed by atoms with E-state index in [0.29, 0.717) is 6.42 Å². The van der Waals surface area contributed by atoms with Gasteiger partial charge in [0.15, 0.2) is 0 Å². The SMILES string of the molecule is CC(O)(CNC(=O)CC(c1ccccc1)c1ccccc1)c1ccccc1. The highest BCUT2D eigenvalue weighted by Crippen LogP contribution is 2.28. The number of carbonyl (C=O) groups is 1. The van der Waals surface area contributed by atoms with Gasteiger partial charge in [-0.3, -0.25) is 4.79 Å². The van der Waals surface area contributed by atoms with Gasteiger partial charge < -0.3 is 10.4 Å². The van der Waals surface area contributed by atoms with Gasteiger partial charge in [-0.2, -0.15) is 0 Å². The van der Waals surface area contributed by atoms with Gasteiger partial charge in [0.2, 0.25) is 5.91 Å². The molecule has 3 nitrogen and oxygen atoms in total. The molecular weight excluding hydrogens is 334 g/mol. The van der Waals surface area contributed by atoms with Crippen LogP contribution in [0.3, 0.4) is 0 Å². The fourth-order valence-electron chi connectivity index (χ4n) is 3.23. The summed E-state index contributed by atoms with van der Waals surface area (Å²) in [5, 5.41) is 13.6. The van der Waals surface area contributed by atoms with Gasteiger partial charge in [0.25, 0.3) is 0 Å². The van der Waals surface area contributed by atoms with Crippen LogP contribution in [0, 0.1) is 0 Å². The summed E-state index contributed by atoms with van der Waals surface area (Å²) in [6.07, 6.45) is 0.332. The van der Waals surface area contributed by atoms with Crippen molar-refractivity contribution in [3.05, 3.63) is 108 Å². The van der Waals surface area contributed by atoms with E-state index in [9.17, 15) is 9.90 Å². The molecule has 0 bridgehead atoms. The second-order valence-corrected chi connectivity index (χ2v) is 6.99. The normalized spacial score (nSPS) is 13.1. The number of hydrogen-bond acceptors (Lipinski definition) is 2. The van der Waals surface area contributed by atoms with E-state index in [1.54, 1.807) is 6.92 Å². The molecule has 0 spiro atoms. The van der Waals surface area contributed by atoms with Gasteiger partial charge in [-0.15, -0.1) is 0 Å². The van der Waals surface area contributed by atoms with Crippen LogP contribution in [0.2, 0.25) is 0 Å². The molecule has 0 radical (unpaired) electrons. The van der Waals surface area contributed by atoms with Crippen LogP contribution in [-0.2, 0) is 10.4 Å². The third kappa shape index (κ3) is 5.05. The highest BCUT2D eigenvalue weighted by atomic mass is 16.3. The van der Waals surface area contributed by atoms with Gasteiger partial charge >= 0.3 is 0 Å². The van der Waals surface area contributed by atoms with Crippen molar-refractivity contribution in [2.45, 2.75) is 24.9 Å². The molecule has 3 rings (SSSR count). The zero-order valence-electron chi connectivity index (χ0n) is 15.5. The summed E-state index contributed by atoms with van der Waals surface area (Å²) in [5.41, 5.74) is 1.89. The summed E-state index contributed by atoms with van der Waals surface area (Å²) in [4.78, 5) is 12.7. The van der Waals surface area contributed by atoms with E-state index < -0.39 is 5.60 Å². The minimum Gasteiger partial charge on any atom is -0.384 e. The predicted octanol–water partition coefficient (Wildman–Crippen LogP) is 4.23. The first-order chi connectivity index (χ1) is 13.1. The number of nitrogens with one attached hydrogen (secondary N) is 1. The molecule has 0 heterocycles. The van der Waals surface area contributed by atoms with Crippen molar-refractivity contribution < 1.29 is 9.90 Å². The van der Waals surface area contributed by atoms with Crippen LogP contribution < -0.4 is 5.32 Å². The third-order valence-electron chi connectivity index (χ3n) is 4.82. The van der Waals surface area contributed by atoms with Gasteiger partial charge in [0.05, 0.1) is 6.54 Å². The molecule has 1 atom stereocenters. The average molecular weight is 359 g/mol. The highest BCUT2D eigenvalue weighted by molar-refractivity contribution is 5.77. The minimum atomic E-state index is -1.11. The summed E-state index contributed by atoms with van der Waals surface area (Å²) >= 11 is 0. The van der Waals surface area contributed by atoms with Crippen molar-refractivity contribution in [1.82, 2.24) is 5.32 Å². The van der Waals surface area contributed by atoms with E-state index in [2.05, 4.69) is 5.32 Å². The molecule has 0 saturated heterocycles. The fourth-order valence-corrected chi connectivity index (χ4v) is 3.23. The molecule has 3 heteroatoms. The van der Waals surface area contributed by atoms with Gasteiger partial charge in [0.1, 0.15) is 5.60 Å². The Kier molecular flexibility index (Phi) is 6.05. The summed E-state index contributed by atoms with van der Waals surface area (Å²) in [5.74, 6) is -0.0991. The molecular formula is C24H25NO2. The molecule has 0 saturated carbocycles. The molecule has 0 fully saturated rings. The first-order valence-electron chi connectivity index (χ1n) is 9.21. The Morgan fingerprint density at radius 1 is 0.852 bits per heavy atom. The largest absolute Gasteiger partial charge is 0.384 e. The molecule has 27 heavy (non-hydrogen) atoms. The van der Waals surface area contributed by atoms with Crippen molar-refractivity contribution in [2.24, 2.45) is 0 Å². The second-order valence-electron chi connectivity index (χ2n) is 6.99. The second kappa shape index (κ2) is 8.65. The molecule has 0 aliphatic heterocycles. The summed E-state index contributed by atoms with van der Waals surface area (Å²) in [6, 6.07) is 29.5. The van der Waals surface area contributed by atoms with E-state index in [1.807, 2.05) is 91.0 Å². The third-order valence-corrected chi connectivity index (χ3v) is 4.82. The Balaban J connectivity index is 1.70. The zero-order chi connectivity index (χ0) is 19.1. The molecule has 2 N–H and O–H groups in total. The number of hydrogen-bond donors (Lipinski definition) is 2. The van der Waals surface area contributed by atoms with Crippen molar-refractivity contribution in [1.29, 1.82) is 0 Å². The smallest absolute Gasteiger partial charge is 0.221 e. The molecule has 138 valence electrons. The van der Waals surface area contributed by atoms with Gasteiger partial charge in [0, 0.05) is 12.3 Å². The predicted molar refractivity (Wildman–Crippen MR) is 108 cm³/mol.